The van der Waals surface area contributed by atoms with Crippen molar-refractivity contribution < 1.29 is 9.53 Å². The number of carbonyl (C=O) groups is 1. The quantitative estimate of drug-likeness (QED) is 0.795. The number of nitrogens with one attached hydrogen (secondary N) is 1. The molecule has 2 aliphatic heterocycles. The Kier molecular flexibility index (Phi) is 6.92. The second-order valence-electron chi connectivity index (χ2n) is 8.84. The molecule has 0 aliphatic carbocycles. The lowest BCUT2D eigenvalue weighted by atomic mass is 9.99. The zero-order valence-corrected chi connectivity index (χ0v) is 19.1. The van der Waals surface area contributed by atoms with E-state index in [-0.39, 0.29) is 6.09 Å². The van der Waals surface area contributed by atoms with Crippen LogP contribution in [0.3, 0.4) is 0 Å². The molecule has 1 atom stereocenters. The van der Waals surface area contributed by atoms with E-state index in [0.717, 1.165) is 51.5 Å². The van der Waals surface area contributed by atoms with Crippen LogP contribution in [0.1, 0.15) is 36.5 Å². The van der Waals surface area contributed by atoms with Crippen molar-refractivity contribution in [3.05, 3.63) is 41.1 Å². The van der Waals surface area contributed by atoms with Crippen molar-refractivity contribution in [2.45, 2.75) is 46.2 Å². The van der Waals surface area contributed by atoms with Crippen LogP contribution < -0.4 is 0 Å². The summed E-state index contributed by atoms with van der Waals surface area (Å²) in [6.07, 6.45) is 4.25. The monoisotopic (exact) mass is 425 g/mol. The van der Waals surface area contributed by atoms with Crippen LogP contribution >= 0.6 is 0 Å². The highest BCUT2D eigenvalue weighted by Crippen LogP contribution is 2.28. The van der Waals surface area contributed by atoms with Gasteiger partial charge in [-0.3, -0.25) is 14.9 Å². The first-order valence-electron chi connectivity index (χ1n) is 11.5. The predicted molar refractivity (Wildman–Crippen MR) is 122 cm³/mol. The Hall–Kier alpha value is -2.38. The fourth-order valence-corrected chi connectivity index (χ4v) is 4.87. The normalized spacial score (nSPS) is 20.7. The minimum atomic E-state index is -0.175. The van der Waals surface area contributed by atoms with Gasteiger partial charge in [0.1, 0.15) is 0 Å². The van der Waals surface area contributed by atoms with Gasteiger partial charge in [0.25, 0.3) is 0 Å². The van der Waals surface area contributed by atoms with Crippen LogP contribution in [0.15, 0.2) is 24.4 Å². The number of aromatic amines is 1. The van der Waals surface area contributed by atoms with Gasteiger partial charge >= 0.3 is 6.09 Å². The number of aryl methyl sites for hydroxylation is 2. The molecule has 2 aromatic rings. The molecule has 1 amide bonds. The highest BCUT2D eigenvalue weighted by Gasteiger charge is 2.30. The molecule has 7 heteroatoms. The third-order valence-corrected chi connectivity index (χ3v) is 6.61. The molecule has 168 valence electrons. The van der Waals surface area contributed by atoms with E-state index in [1.165, 1.54) is 35.1 Å². The first-order chi connectivity index (χ1) is 15.0. The van der Waals surface area contributed by atoms with E-state index in [1.807, 2.05) is 18.0 Å². The Balaban J connectivity index is 1.37. The number of ether oxygens (including phenoxy) is 1. The molecular formula is C24H35N5O2. The van der Waals surface area contributed by atoms with E-state index in [2.05, 4.69) is 52.0 Å². The first-order valence-corrected chi connectivity index (χ1v) is 11.5. The third kappa shape index (κ3) is 5.10. The van der Waals surface area contributed by atoms with Crippen molar-refractivity contribution in [2.24, 2.45) is 0 Å². The molecule has 1 aromatic heterocycles. The highest BCUT2D eigenvalue weighted by molar-refractivity contribution is 5.68. The molecule has 1 N–H and O–H groups in total. The van der Waals surface area contributed by atoms with Crippen LogP contribution in [0.5, 0.6) is 0 Å². The van der Waals surface area contributed by atoms with Gasteiger partial charge in [0, 0.05) is 56.4 Å². The van der Waals surface area contributed by atoms with Crippen LogP contribution in [0.25, 0.3) is 11.3 Å². The van der Waals surface area contributed by atoms with Gasteiger partial charge in [-0.1, -0.05) is 17.7 Å². The number of rotatable bonds is 5. The molecule has 4 rings (SSSR count). The topological polar surface area (TPSA) is 64.7 Å². The highest BCUT2D eigenvalue weighted by atomic mass is 16.6. The van der Waals surface area contributed by atoms with Crippen molar-refractivity contribution in [2.75, 3.05) is 45.9 Å². The van der Waals surface area contributed by atoms with Gasteiger partial charge < -0.3 is 9.64 Å². The molecule has 0 unspecified atom stereocenters. The third-order valence-electron chi connectivity index (χ3n) is 6.61. The SMILES string of the molecule is CCOC(=O)N1CCN([C@@H]2CCCN(Cc3cn[nH]c3-c3cc(C)ccc3C)C2)CC1. The average molecular weight is 426 g/mol. The van der Waals surface area contributed by atoms with Gasteiger partial charge in [-0.15, -0.1) is 0 Å². The molecule has 31 heavy (non-hydrogen) atoms. The first kappa shape index (κ1) is 21.8. The molecule has 0 saturated carbocycles. The summed E-state index contributed by atoms with van der Waals surface area (Å²) in [4.78, 5) is 18.9. The van der Waals surface area contributed by atoms with Crippen LogP contribution in [0, 0.1) is 13.8 Å². The molecule has 2 saturated heterocycles. The number of carbonyl (C=O) groups excluding carboxylic acids is 1. The fourth-order valence-electron chi connectivity index (χ4n) is 4.87. The second kappa shape index (κ2) is 9.83. The summed E-state index contributed by atoms with van der Waals surface area (Å²) in [7, 11) is 0. The van der Waals surface area contributed by atoms with E-state index in [9.17, 15) is 4.79 Å². The van der Waals surface area contributed by atoms with Crippen molar-refractivity contribution >= 4 is 6.09 Å². The van der Waals surface area contributed by atoms with E-state index in [4.69, 9.17) is 4.74 Å². The van der Waals surface area contributed by atoms with Gasteiger partial charge in [0.15, 0.2) is 0 Å². The van der Waals surface area contributed by atoms with Crippen molar-refractivity contribution in [3.8, 4) is 11.3 Å². The van der Waals surface area contributed by atoms with Gasteiger partial charge in [-0.2, -0.15) is 5.10 Å². The zero-order chi connectivity index (χ0) is 21.8. The number of piperidine rings is 1. The smallest absolute Gasteiger partial charge is 0.409 e. The number of nitrogens with zero attached hydrogens (tertiary/aromatic N) is 4. The zero-order valence-electron chi connectivity index (χ0n) is 19.1. The second-order valence-corrected chi connectivity index (χ2v) is 8.84. The summed E-state index contributed by atoms with van der Waals surface area (Å²) in [6.45, 7) is 13.1. The van der Waals surface area contributed by atoms with Crippen molar-refractivity contribution in [1.29, 1.82) is 0 Å². The van der Waals surface area contributed by atoms with Crippen molar-refractivity contribution in [3.63, 3.8) is 0 Å². The Bertz CT molecular complexity index is 888. The summed E-state index contributed by atoms with van der Waals surface area (Å²) in [5.41, 5.74) is 6.19. The van der Waals surface area contributed by atoms with Gasteiger partial charge in [-0.25, -0.2) is 4.79 Å². The summed E-state index contributed by atoms with van der Waals surface area (Å²) >= 11 is 0. The molecule has 0 bridgehead atoms. The minimum absolute atomic E-state index is 0.175. The fraction of sp³-hybridized carbons (Fsp3) is 0.583. The molecule has 2 fully saturated rings. The Labute approximate surface area is 185 Å². The summed E-state index contributed by atoms with van der Waals surface area (Å²) in [6, 6.07) is 7.14. The van der Waals surface area contributed by atoms with Crippen LogP contribution in [0.2, 0.25) is 0 Å². The molecule has 1 aromatic carbocycles. The standard InChI is InChI=1S/C24H35N5O2/c1-4-31-24(30)29-12-10-28(11-13-29)21-6-5-9-27(17-21)16-20-15-25-26-23(20)22-14-18(2)7-8-19(22)3/h7-8,14-15,21H,4-6,9-13,16-17H2,1-3H3,(H,25,26)/t21-/m1/s1. The minimum Gasteiger partial charge on any atom is -0.450 e. The number of aromatic nitrogens is 2. The number of amides is 1. The molecule has 3 heterocycles. The van der Waals surface area contributed by atoms with Gasteiger partial charge in [0.2, 0.25) is 0 Å². The number of hydrogen-bond acceptors (Lipinski definition) is 5. The Morgan fingerprint density at radius 3 is 2.77 bits per heavy atom. The number of benzene rings is 1. The molecule has 0 spiro atoms. The van der Waals surface area contributed by atoms with Gasteiger partial charge in [0.05, 0.1) is 18.5 Å². The number of piperazine rings is 1. The lowest BCUT2D eigenvalue weighted by molar-refractivity contribution is 0.0413. The number of H-pyrrole nitrogens is 1. The predicted octanol–water partition coefficient (Wildman–Crippen LogP) is 3.43. The van der Waals surface area contributed by atoms with Gasteiger partial charge in [-0.05, 0) is 51.8 Å². The van der Waals surface area contributed by atoms with Crippen LogP contribution in [-0.2, 0) is 11.3 Å². The van der Waals surface area contributed by atoms with E-state index < -0.39 is 0 Å². The lowest BCUT2D eigenvalue weighted by Crippen LogP contribution is -2.55. The molecule has 0 radical (unpaired) electrons. The van der Waals surface area contributed by atoms with E-state index in [1.54, 1.807) is 0 Å². The number of likely N-dealkylation sites (tertiary alicyclic amines) is 1. The summed E-state index contributed by atoms with van der Waals surface area (Å²) in [5, 5.41) is 7.62. The van der Waals surface area contributed by atoms with Crippen molar-refractivity contribution in [1.82, 2.24) is 24.9 Å². The van der Waals surface area contributed by atoms with Crippen LogP contribution in [-0.4, -0.2) is 82.9 Å². The molecular weight excluding hydrogens is 390 g/mol. The lowest BCUT2D eigenvalue weighted by Gasteiger charge is -2.43. The maximum atomic E-state index is 12.0. The van der Waals surface area contributed by atoms with Crippen LogP contribution in [0.4, 0.5) is 4.79 Å². The maximum Gasteiger partial charge on any atom is 0.409 e. The molecule has 2 aliphatic rings. The maximum absolute atomic E-state index is 12.0. The largest absolute Gasteiger partial charge is 0.450 e. The molecule has 7 nitrogen and oxygen atoms in total. The summed E-state index contributed by atoms with van der Waals surface area (Å²) in [5.74, 6) is 0. The Morgan fingerprint density at radius 2 is 2.00 bits per heavy atom. The Morgan fingerprint density at radius 1 is 1.19 bits per heavy atom. The number of hydrogen-bond donors (Lipinski definition) is 1. The average Bonchev–Trinajstić information content (AvgIpc) is 3.23. The van der Waals surface area contributed by atoms with E-state index in [0.29, 0.717) is 12.6 Å². The summed E-state index contributed by atoms with van der Waals surface area (Å²) < 4.78 is 5.15. The van der Waals surface area contributed by atoms with E-state index >= 15 is 0 Å².